The van der Waals surface area contributed by atoms with Crippen LogP contribution in [0.1, 0.15) is 10.4 Å². The molecule has 1 aromatic heterocycles. The zero-order valence-electron chi connectivity index (χ0n) is 9.85. The van der Waals surface area contributed by atoms with Gasteiger partial charge >= 0.3 is 0 Å². The number of amides is 1. The summed E-state index contributed by atoms with van der Waals surface area (Å²) < 4.78 is 1.13. The molecule has 0 fully saturated rings. The number of carbonyl (C=O) groups is 1. The van der Waals surface area contributed by atoms with Crippen LogP contribution < -0.4 is 5.32 Å². The molecule has 3 rings (SSSR count). The third kappa shape index (κ3) is 2.46. The molecular weight excluding hydrogens is 353 g/mol. The van der Waals surface area contributed by atoms with Gasteiger partial charge in [-0.3, -0.25) is 9.89 Å². The molecule has 3 aromatic rings. The summed E-state index contributed by atoms with van der Waals surface area (Å²) in [4.78, 5) is 12.3. The molecule has 0 aliphatic carbocycles. The topological polar surface area (TPSA) is 57.8 Å². The van der Waals surface area contributed by atoms with Gasteiger partial charge < -0.3 is 5.32 Å². The molecule has 0 aliphatic rings. The lowest BCUT2D eigenvalue weighted by Gasteiger charge is -2.06. The monoisotopic (exact) mass is 363 g/mol. The first kappa shape index (κ1) is 12.2. The minimum atomic E-state index is -0.143. The maximum Gasteiger partial charge on any atom is 0.257 e. The van der Waals surface area contributed by atoms with E-state index >= 15 is 0 Å². The third-order valence-electron chi connectivity index (χ3n) is 2.82. The molecule has 0 unspecified atom stereocenters. The highest BCUT2D eigenvalue weighted by Gasteiger charge is 2.11. The van der Waals surface area contributed by atoms with Gasteiger partial charge in [0.2, 0.25) is 0 Å². The number of H-pyrrole nitrogens is 1. The van der Waals surface area contributed by atoms with Crippen molar-refractivity contribution in [3.8, 4) is 0 Å². The standard InChI is InChI=1S/C14H10IN3O/c15-10-4-6-11(7-5-10)17-14(19)12-3-1-2-9-8-16-18-13(9)12/h1-8H,(H,16,18)(H,17,19). The lowest BCUT2D eigenvalue weighted by Crippen LogP contribution is -2.12. The van der Waals surface area contributed by atoms with Gasteiger partial charge in [0.15, 0.2) is 0 Å². The second-order valence-corrected chi connectivity index (χ2v) is 5.35. The molecule has 0 radical (unpaired) electrons. The van der Waals surface area contributed by atoms with E-state index in [1.54, 1.807) is 12.3 Å². The van der Waals surface area contributed by atoms with Crippen LogP contribution in [-0.2, 0) is 0 Å². The first-order valence-corrected chi connectivity index (χ1v) is 6.81. The normalized spacial score (nSPS) is 10.6. The molecule has 0 saturated heterocycles. The Morgan fingerprint density at radius 1 is 1.16 bits per heavy atom. The van der Waals surface area contributed by atoms with Crippen molar-refractivity contribution in [1.82, 2.24) is 10.2 Å². The van der Waals surface area contributed by atoms with E-state index in [1.165, 1.54) is 0 Å². The number of fused-ring (bicyclic) bond motifs is 1. The Balaban J connectivity index is 1.92. The van der Waals surface area contributed by atoms with E-state index in [0.717, 1.165) is 20.2 Å². The van der Waals surface area contributed by atoms with Crippen LogP contribution in [-0.4, -0.2) is 16.1 Å². The molecule has 0 bridgehead atoms. The van der Waals surface area contributed by atoms with E-state index in [4.69, 9.17) is 0 Å². The Bertz CT molecular complexity index is 734. The van der Waals surface area contributed by atoms with Crippen LogP contribution in [0.3, 0.4) is 0 Å². The molecule has 1 amide bonds. The predicted molar refractivity (Wildman–Crippen MR) is 83.2 cm³/mol. The average Bonchev–Trinajstić information content (AvgIpc) is 2.89. The highest BCUT2D eigenvalue weighted by molar-refractivity contribution is 14.1. The van der Waals surface area contributed by atoms with Crippen molar-refractivity contribution in [2.45, 2.75) is 0 Å². The molecule has 0 aliphatic heterocycles. The summed E-state index contributed by atoms with van der Waals surface area (Å²) in [5.74, 6) is -0.143. The van der Waals surface area contributed by atoms with Crippen LogP contribution in [0.2, 0.25) is 0 Å². The van der Waals surface area contributed by atoms with Gasteiger partial charge in [0.05, 0.1) is 17.3 Å². The number of rotatable bonds is 2. The smallest absolute Gasteiger partial charge is 0.257 e. The van der Waals surface area contributed by atoms with E-state index < -0.39 is 0 Å². The van der Waals surface area contributed by atoms with Crippen molar-refractivity contribution in [2.75, 3.05) is 5.32 Å². The quantitative estimate of drug-likeness (QED) is 0.686. The van der Waals surface area contributed by atoms with E-state index in [0.29, 0.717) is 5.56 Å². The lowest BCUT2D eigenvalue weighted by molar-refractivity contribution is 0.102. The summed E-state index contributed by atoms with van der Waals surface area (Å²) in [5, 5.41) is 10.6. The van der Waals surface area contributed by atoms with E-state index in [2.05, 4.69) is 38.1 Å². The van der Waals surface area contributed by atoms with Crippen LogP contribution in [0.15, 0.2) is 48.7 Å². The van der Waals surface area contributed by atoms with Gasteiger partial charge in [0, 0.05) is 14.6 Å². The van der Waals surface area contributed by atoms with Gasteiger partial charge in [-0.15, -0.1) is 0 Å². The number of para-hydroxylation sites is 1. The number of aromatic amines is 1. The summed E-state index contributed by atoms with van der Waals surface area (Å²) in [6.45, 7) is 0. The van der Waals surface area contributed by atoms with Gasteiger partial charge in [-0.05, 0) is 52.9 Å². The molecule has 5 heteroatoms. The van der Waals surface area contributed by atoms with Crippen LogP contribution in [0.4, 0.5) is 5.69 Å². The highest BCUT2D eigenvalue weighted by Crippen LogP contribution is 2.18. The molecule has 0 spiro atoms. The fourth-order valence-electron chi connectivity index (χ4n) is 1.89. The number of benzene rings is 2. The van der Waals surface area contributed by atoms with Crippen molar-refractivity contribution in [1.29, 1.82) is 0 Å². The summed E-state index contributed by atoms with van der Waals surface area (Å²) in [6, 6.07) is 13.2. The highest BCUT2D eigenvalue weighted by atomic mass is 127. The Hall–Kier alpha value is -1.89. The molecule has 1 heterocycles. The third-order valence-corrected chi connectivity index (χ3v) is 3.54. The molecule has 2 N–H and O–H groups in total. The Kier molecular flexibility index (Phi) is 3.20. The van der Waals surface area contributed by atoms with E-state index in [-0.39, 0.29) is 5.91 Å². The number of hydrogen-bond donors (Lipinski definition) is 2. The fraction of sp³-hybridized carbons (Fsp3) is 0. The van der Waals surface area contributed by atoms with Crippen LogP contribution in [0, 0.1) is 3.57 Å². The number of anilines is 1. The van der Waals surface area contributed by atoms with Gasteiger partial charge in [-0.2, -0.15) is 5.10 Å². The molecule has 19 heavy (non-hydrogen) atoms. The molecule has 0 atom stereocenters. The van der Waals surface area contributed by atoms with Crippen LogP contribution in [0.5, 0.6) is 0 Å². The summed E-state index contributed by atoms with van der Waals surface area (Å²) >= 11 is 2.23. The number of nitrogens with one attached hydrogen (secondary N) is 2. The van der Waals surface area contributed by atoms with Gasteiger partial charge in [-0.1, -0.05) is 12.1 Å². The summed E-state index contributed by atoms with van der Waals surface area (Å²) in [5.41, 5.74) is 2.13. The largest absolute Gasteiger partial charge is 0.322 e. The van der Waals surface area contributed by atoms with Crippen molar-refractivity contribution in [3.05, 3.63) is 57.8 Å². The lowest BCUT2D eigenvalue weighted by atomic mass is 10.1. The molecule has 0 saturated carbocycles. The Morgan fingerprint density at radius 2 is 1.95 bits per heavy atom. The van der Waals surface area contributed by atoms with Crippen LogP contribution in [0.25, 0.3) is 10.9 Å². The van der Waals surface area contributed by atoms with E-state index in [1.807, 2.05) is 36.4 Å². The average molecular weight is 363 g/mol. The number of nitrogens with zero attached hydrogens (tertiary/aromatic N) is 1. The number of hydrogen-bond acceptors (Lipinski definition) is 2. The summed E-state index contributed by atoms with van der Waals surface area (Å²) in [6.07, 6.45) is 1.71. The fourth-order valence-corrected chi connectivity index (χ4v) is 2.25. The molecule has 4 nitrogen and oxygen atoms in total. The van der Waals surface area contributed by atoms with Crippen molar-refractivity contribution in [2.24, 2.45) is 0 Å². The van der Waals surface area contributed by atoms with Crippen molar-refractivity contribution < 1.29 is 4.79 Å². The van der Waals surface area contributed by atoms with E-state index in [9.17, 15) is 4.79 Å². The van der Waals surface area contributed by atoms with Crippen LogP contribution >= 0.6 is 22.6 Å². The van der Waals surface area contributed by atoms with Gasteiger partial charge in [0.1, 0.15) is 0 Å². The molecular formula is C14H10IN3O. The maximum atomic E-state index is 12.3. The van der Waals surface area contributed by atoms with Gasteiger partial charge in [0.25, 0.3) is 5.91 Å². The maximum absolute atomic E-state index is 12.3. The number of carbonyl (C=O) groups excluding carboxylic acids is 1. The second-order valence-electron chi connectivity index (χ2n) is 4.10. The molecule has 2 aromatic carbocycles. The Labute approximate surface area is 123 Å². The minimum absolute atomic E-state index is 0.143. The zero-order valence-corrected chi connectivity index (χ0v) is 12.0. The predicted octanol–water partition coefficient (Wildman–Crippen LogP) is 3.42. The van der Waals surface area contributed by atoms with Gasteiger partial charge in [-0.25, -0.2) is 0 Å². The van der Waals surface area contributed by atoms with Crippen molar-refractivity contribution in [3.63, 3.8) is 0 Å². The summed E-state index contributed by atoms with van der Waals surface area (Å²) in [7, 11) is 0. The SMILES string of the molecule is O=C(Nc1ccc(I)cc1)c1cccc2cn[nH]c12. The first-order chi connectivity index (χ1) is 9.24. The van der Waals surface area contributed by atoms with Crippen molar-refractivity contribution >= 4 is 45.1 Å². The first-order valence-electron chi connectivity index (χ1n) is 5.73. The second kappa shape index (κ2) is 5.00. The zero-order chi connectivity index (χ0) is 13.2. The minimum Gasteiger partial charge on any atom is -0.322 e. The number of aromatic nitrogens is 2. The number of halogens is 1. The molecule has 94 valence electrons. The Morgan fingerprint density at radius 3 is 2.74 bits per heavy atom.